The van der Waals surface area contributed by atoms with E-state index in [2.05, 4.69) is 33.9 Å². The minimum Gasteiger partial charge on any atom is -0.475 e. The summed E-state index contributed by atoms with van der Waals surface area (Å²) in [5.41, 5.74) is 10.5. The zero-order valence-corrected chi connectivity index (χ0v) is 21.0. The summed E-state index contributed by atoms with van der Waals surface area (Å²) in [6.07, 6.45) is 2.83. The smallest absolute Gasteiger partial charge is 0.214 e. The maximum Gasteiger partial charge on any atom is 0.214 e. The van der Waals surface area contributed by atoms with Crippen LogP contribution in [0.2, 0.25) is 18.1 Å². The number of ether oxygens (including phenoxy) is 2. The van der Waals surface area contributed by atoms with Gasteiger partial charge in [0.15, 0.2) is 8.32 Å². The van der Waals surface area contributed by atoms with Crippen molar-refractivity contribution in [1.29, 1.82) is 0 Å². The number of hydrogen-bond donors (Lipinski definition) is 1. The van der Waals surface area contributed by atoms with E-state index in [4.69, 9.17) is 24.6 Å². The number of nitrogen functional groups attached to an aromatic ring is 1. The Morgan fingerprint density at radius 1 is 1.16 bits per heavy atom. The molecule has 0 aliphatic carbocycles. The largest absolute Gasteiger partial charge is 0.475 e. The highest BCUT2D eigenvalue weighted by atomic mass is 28.4. The van der Waals surface area contributed by atoms with Crippen LogP contribution in [-0.2, 0) is 9.16 Å². The van der Waals surface area contributed by atoms with Crippen LogP contribution in [0.1, 0.15) is 38.4 Å². The van der Waals surface area contributed by atoms with Gasteiger partial charge in [0.25, 0.3) is 0 Å². The summed E-state index contributed by atoms with van der Waals surface area (Å²) in [5.74, 6) is 0.109. The molecular formula is C25H35FN2O3Si. The topological polar surface area (TPSA) is 66.6 Å². The molecule has 2 heterocycles. The first kappa shape index (κ1) is 24.4. The molecule has 32 heavy (non-hydrogen) atoms. The molecule has 1 aromatic heterocycles. The number of hydrogen-bond acceptors (Lipinski definition) is 5. The number of rotatable bonds is 7. The Morgan fingerprint density at radius 2 is 1.91 bits per heavy atom. The van der Waals surface area contributed by atoms with Crippen LogP contribution in [0, 0.1) is 12.7 Å². The Morgan fingerprint density at radius 3 is 2.56 bits per heavy atom. The fraction of sp³-hybridized carbons (Fsp3) is 0.480. The third kappa shape index (κ3) is 5.76. The van der Waals surface area contributed by atoms with Crippen LogP contribution in [0.3, 0.4) is 0 Å². The second-order valence-electron chi connectivity index (χ2n) is 9.78. The highest BCUT2D eigenvalue weighted by Crippen LogP contribution is 2.36. The lowest BCUT2D eigenvalue weighted by molar-refractivity contribution is 0.161. The number of halogens is 1. The highest BCUT2D eigenvalue weighted by Gasteiger charge is 2.36. The van der Waals surface area contributed by atoms with Crippen LogP contribution in [0.5, 0.6) is 5.88 Å². The predicted octanol–water partition coefficient (Wildman–Crippen LogP) is 5.98. The zero-order chi connectivity index (χ0) is 23.5. The normalized spacial score (nSPS) is 14.9. The van der Waals surface area contributed by atoms with Crippen LogP contribution in [0.15, 0.2) is 30.3 Å². The summed E-state index contributed by atoms with van der Waals surface area (Å²) in [6.45, 7) is 15.1. The van der Waals surface area contributed by atoms with Crippen molar-refractivity contribution in [3.8, 4) is 17.0 Å². The summed E-state index contributed by atoms with van der Waals surface area (Å²) in [5, 5.41) is 0.147. The number of nitrogens with zero attached hydrogens (tertiary/aromatic N) is 1. The molecule has 174 valence electrons. The van der Waals surface area contributed by atoms with Gasteiger partial charge in [-0.3, -0.25) is 0 Å². The SMILES string of the molecule is Cc1cc(F)c(N)cc1-c1cc(OCCO[Si](C)(C)C(C)(C)C)nc(C2=CCOCC2)c1. The molecule has 2 N–H and O–H groups in total. The van der Waals surface area contributed by atoms with Crippen molar-refractivity contribution >= 4 is 19.6 Å². The van der Waals surface area contributed by atoms with E-state index >= 15 is 0 Å². The van der Waals surface area contributed by atoms with Gasteiger partial charge >= 0.3 is 0 Å². The molecule has 0 unspecified atom stereocenters. The second kappa shape index (κ2) is 9.73. The maximum atomic E-state index is 13.9. The molecule has 1 aromatic carbocycles. The predicted molar refractivity (Wildman–Crippen MR) is 131 cm³/mol. The molecule has 0 saturated carbocycles. The quantitative estimate of drug-likeness (QED) is 0.314. The van der Waals surface area contributed by atoms with E-state index in [0.717, 1.165) is 34.4 Å². The number of pyridine rings is 1. The molecule has 3 rings (SSSR count). The van der Waals surface area contributed by atoms with Crippen molar-refractivity contribution in [2.24, 2.45) is 0 Å². The molecular weight excluding hydrogens is 423 g/mol. The number of nitrogens with two attached hydrogens (primary N) is 1. The molecule has 1 aliphatic rings. The van der Waals surface area contributed by atoms with Crippen molar-refractivity contribution < 1.29 is 18.3 Å². The molecule has 0 fully saturated rings. The lowest BCUT2D eigenvalue weighted by Gasteiger charge is -2.36. The van der Waals surface area contributed by atoms with Gasteiger partial charge in [-0.15, -0.1) is 0 Å². The van der Waals surface area contributed by atoms with Gasteiger partial charge in [0.2, 0.25) is 5.88 Å². The Hall–Kier alpha value is -2.22. The van der Waals surface area contributed by atoms with Gasteiger partial charge in [-0.05, 0) is 71.9 Å². The zero-order valence-electron chi connectivity index (χ0n) is 20.0. The Bertz CT molecular complexity index is 999. The minimum absolute atomic E-state index is 0.125. The Labute approximate surface area is 191 Å². The first-order chi connectivity index (χ1) is 15.0. The van der Waals surface area contributed by atoms with Crippen LogP contribution in [0.25, 0.3) is 16.7 Å². The molecule has 0 amide bonds. The van der Waals surface area contributed by atoms with E-state index in [9.17, 15) is 4.39 Å². The van der Waals surface area contributed by atoms with E-state index in [1.54, 1.807) is 6.07 Å². The van der Waals surface area contributed by atoms with Crippen LogP contribution in [0.4, 0.5) is 10.1 Å². The molecule has 0 atom stereocenters. The average molecular weight is 459 g/mol. The van der Waals surface area contributed by atoms with Crippen molar-refractivity contribution in [2.75, 3.05) is 32.2 Å². The number of benzene rings is 1. The van der Waals surface area contributed by atoms with E-state index < -0.39 is 14.1 Å². The van der Waals surface area contributed by atoms with E-state index in [1.807, 2.05) is 25.1 Å². The van der Waals surface area contributed by atoms with Gasteiger partial charge in [0, 0.05) is 6.07 Å². The van der Waals surface area contributed by atoms with Crippen molar-refractivity contribution in [3.05, 3.63) is 47.4 Å². The standard InChI is InChI=1S/C25H35FN2O3Si/c1-17-13-21(26)22(27)16-20(17)19-14-23(18-7-9-29-10-8-18)28-24(15-19)30-11-12-31-32(5,6)25(2,3)4/h7,13-16H,8-12,27H2,1-6H3. The molecule has 0 bridgehead atoms. The molecule has 2 aromatic rings. The first-order valence-corrected chi connectivity index (χ1v) is 14.0. The van der Waals surface area contributed by atoms with Gasteiger partial charge in [-0.25, -0.2) is 9.37 Å². The van der Waals surface area contributed by atoms with Crippen molar-refractivity contribution in [1.82, 2.24) is 4.98 Å². The van der Waals surface area contributed by atoms with E-state index in [0.29, 0.717) is 32.3 Å². The monoisotopic (exact) mass is 458 g/mol. The number of aryl methyl sites for hydroxylation is 1. The summed E-state index contributed by atoms with van der Waals surface area (Å²) < 4.78 is 31.6. The summed E-state index contributed by atoms with van der Waals surface area (Å²) in [6, 6.07) is 7.03. The molecule has 0 radical (unpaired) electrons. The lowest BCUT2D eigenvalue weighted by atomic mass is 9.97. The van der Waals surface area contributed by atoms with Crippen LogP contribution < -0.4 is 10.5 Å². The van der Waals surface area contributed by atoms with E-state index in [-0.39, 0.29) is 10.7 Å². The van der Waals surface area contributed by atoms with Crippen LogP contribution in [-0.4, -0.2) is 39.7 Å². The van der Waals surface area contributed by atoms with Gasteiger partial charge in [0.1, 0.15) is 12.4 Å². The summed E-state index contributed by atoms with van der Waals surface area (Å²) in [4.78, 5) is 4.74. The van der Waals surface area contributed by atoms with E-state index in [1.165, 1.54) is 6.07 Å². The summed E-state index contributed by atoms with van der Waals surface area (Å²) >= 11 is 0. The van der Waals surface area contributed by atoms with Crippen molar-refractivity contribution in [3.63, 3.8) is 0 Å². The molecule has 5 nitrogen and oxygen atoms in total. The molecule has 0 saturated heterocycles. The maximum absolute atomic E-state index is 13.9. The fourth-order valence-corrected chi connectivity index (χ4v) is 4.35. The van der Waals surface area contributed by atoms with Gasteiger partial charge in [-0.2, -0.15) is 0 Å². The highest BCUT2D eigenvalue weighted by molar-refractivity contribution is 6.74. The summed E-state index contributed by atoms with van der Waals surface area (Å²) in [7, 11) is -1.84. The number of anilines is 1. The molecule has 0 spiro atoms. The van der Waals surface area contributed by atoms with Gasteiger partial charge in [0.05, 0.1) is 31.2 Å². The second-order valence-corrected chi connectivity index (χ2v) is 14.6. The Kier molecular flexibility index (Phi) is 7.42. The molecule has 7 heteroatoms. The fourth-order valence-electron chi connectivity index (χ4n) is 3.32. The lowest BCUT2D eigenvalue weighted by Crippen LogP contribution is -2.41. The third-order valence-corrected chi connectivity index (χ3v) is 10.9. The average Bonchev–Trinajstić information content (AvgIpc) is 2.73. The third-order valence-electron chi connectivity index (χ3n) is 6.35. The number of aromatic nitrogens is 1. The minimum atomic E-state index is -1.84. The van der Waals surface area contributed by atoms with Gasteiger partial charge < -0.3 is 19.6 Å². The Balaban J connectivity index is 1.86. The van der Waals surface area contributed by atoms with Gasteiger partial charge in [-0.1, -0.05) is 26.8 Å². The molecule has 1 aliphatic heterocycles. The van der Waals surface area contributed by atoms with Crippen LogP contribution >= 0.6 is 0 Å². The van der Waals surface area contributed by atoms with Crippen molar-refractivity contribution in [2.45, 2.75) is 52.2 Å². The first-order valence-electron chi connectivity index (χ1n) is 11.1.